The van der Waals surface area contributed by atoms with E-state index in [9.17, 15) is 9.18 Å². The summed E-state index contributed by atoms with van der Waals surface area (Å²) < 4.78 is 15.2. The Hall–Kier alpha value is -2.40. The lowest BCUT2D eigenvalue weighted by molar-refractivity contribution is -0.121. The van der Waals surface area contributed by atoms with Crippen LogP contribution in [0, 0.1) is 5.82 Å². The van der Waals surface area contributed by atoms with Gasteiger partial charge in [-0.2, -0.15) is 5.10 Å². The van der Waals surface area contributed by atoms with Crippen molar-refractivity contribution in [1.29, 1.82) is 0 Å². The van der Waals surface area contributed by atoms with Gasteiger partial charge in [-0.15, -0.1) is 0 Å². The lowest BCUT2D eigenvalue weighted by atomic mass is 10.2. The van der Waals surface area contributed by atoms with Crippen LogP contribution in [0.15, 0.2) is 48.7 Å². The molecule has 0 radical (unpaired) electrons. The minimum atomic E-state index is -0.319. The average Bonchev–Trinajstić information content (AvgIpc) is 2.94. The maximum atomic E-state index is 13.5. The van der Waals surface area contributed by atoms with E-state index in [2.05, 4.69) is 10.4 Å². The van der Waals surface area contributed by atoms with Gasteiger partial charge in [0.15, 0.2) is 0 Å². The van der Waals surface area contributed by atoms with E-state index in [1.165, 1.54) is 6.07 Å². The van der Waals surface area contributed by atoms with E-state index in [-0.39, 0.29) is 24.7 Å². The van der Waals surface area contributed by atoms with Crippen LogP contribution in [0.1, 0.15) is 12.0 Å². The number of aryl methyl sites for hydroxylation is 1. The molecule has 1 amide bonds. The zero-order chi connectivity index (χ0) is 16.2. The topological polar surface area (TPSA) is 46.9 Å². The number of carbonyl (C=O) groups excluding carboxylic acids is 1. The van der Waals surface area contributed by atoms with Crippen LogP contribution >= 0.6 is 11.6 Å². The number of fused-ring (bicyclic) bond motifs is 1. The first-order valence-electron chi connectivity index (χ1n) is 7.24. The third-order valence-electron chi connectivity index (χ3n) is 3.59. The van der Waals surface area contributed by atoms with E-state index in [1.807, 2.05) is 12.1 Å². The number of hydrogen-bond donors (Lipinski definition) is 1. The molecule has 0 bridgehead atoms. The van der Waals surface area contributed by atoms with E-state index in [4.69, 9.17) is 11.6 Å². The number of hydrogen-bond acceptors (Lipinski definition) is 2. The van der Waals surface area contributed by atoms with Crippen LogP contribution in [0.3, 0.4) is 0 Å². The number of rotatable bonds is 5. The summed E-state index contributed by atoms with van der Waals surface area (Å²) >= 11 is 5.99. The summed E-state index contributed by atoms with van der Waals surface area (Å²) in [5.74, 6) is -0.473. The van der Waals surface area contributed by atoms with Gasteiger partial charge in [-0.1, -0.05) is 29.8 Å². The zero-order valence-corrected chi connectivity index (χ0v) is 13.1. The summed E-state index contributed by atoms with van der Waals surface area (Å²) in [7, 11) is 0. The molecule has 3 rings (SSSR count). The molecular formula is C17H15ClFN3O. The van der Waals surface area contributed by atoms with Gasteiger partial charge in [-0.3, -0.25) is 9.48 Å². The number of halogens is 2. The minimum absolute atomic E-state index is 0.154. The average molecular weight is 332 g/mol. The van der Waals surface area contributed by atoms with Crippen molar-refractivity contribution in [3.63, 3.8) is 0 Å². The van der Waals surface area contributed by atoms with E-state index < -0.39 is 0 Å². The smallest absolute Gasteiger partial charge is 0.222 e. The van der Waals surface area contributed by atoms with Gasteiger partial charge < -0.3 is 5.32 Å². The highest BCUT2D eigenvalue weighted by atomic mass is 35.5. The SMILES string of the molecule is O=C(CCn1ncc2ccc(Cl)cc21)NCc1ccccc1F. The van der Waals surface area contributed by atoms with Crippen molar-refractivity contribution in [1.82, 2.24) is 15.1 Å². The van der Waals surface area contributed by atoms with E-state index in [0.29, 0.717) is 17.1 Å². The van der Waals surface area contributed by atoms with Crippen LogP contribution in [0.25, 0.3) is 10.9 Å². The van der Waals surface area contributed by atoms with Crippen LogP contribution in [0.2, 0.25) is 5.02 Å². The van der Waals surface area contributed by atoms with Crippen molar-refractivity contribution in [2.75, 3.05) is 0 Å². The van der Waals surface area contributed by atoms with Crippen molar-refractivity contribution < 1.29 is 9.18 Å². The lowest BCUT2D eigenvalue weighted by Crippen LogP contribution is -2.24. The molecule has 1 heterocycles. The second kappa shape index (κ2) is 6.79. The quantitative estimate of drug-likeness (QED) is 0.777. The highest BCUT2D eigenvalue weighted by Crippen LogP contribution is 2.19. The highest BCUT2D eigenvalue weighted by Gasteiger charge is 2.07. The van der Waals surface area contributed by atoms with Crippen molar-refractivity contribution >= 4 is 28.4 Å². The Kier molecular flexibility index (Phi) is 4.57. The maximum Gasteiger partial charge on any atom is 0.222 e. The first-order valence-corrected chi connectivity index (χ1v) is 7.62. The van der Waals surface area contributed by atoms with Crippen molar-refractivity contribution in [2.45, 2.75) is 19.5 Å². The van der Waals surface area contributed by atoms with E-state index in [0.717, 1.165) is 10.9 Å². The number of benzene rings is 2. The molecular weight excluding hydrogens is 317 g/mol. The van der Waals surface area contributed by atoms with Gasteiger partial charge in [0.1, 0.15) is 5.82 Å². The Morgan fingerprint density at radius 2 is 2.09 bits per heavy atom. The van der Waals surface area contributed by atoms with Gasteiger partial charge in [-0.05, 0) is 24.3 Å². The van der Waals surface area contributed by atoms with Gasteiger partial charge >= 0.3 is 0 Å². The van der Waals surface area contributed by atoms with Crippen LogP contribution in [-0.4, -0.2) is 15.7 Å². The van der Waals surface area contributed by atoms with Gasteiger partial charge in [0.25, 0.3) is 0 Å². The molecule has 6 heteroatoms. The molecule has 2 aromatic carbocycles. The highest BCUT2D eigenvalue weighted by molar-refractivity contribution is 6.31. The van der Waals surface area contributed by atoms with E-state index in [1.54, 1.807) is 35.1 Å². The molecule has 4 nitrogen and oxygen atoms in total. The molecule has 23 heavy (non-hydrogen) atoms. The summed E-state index contributed by atoms with van der Waals surface area (Å²) in [6.45, 7) is 0.615. The van der Waals surface area contributed by atoms with Gasteiger partial charge in [0, 0.05) is 28.9 Å². The molecule has 118 valence electrons. The number of aromatic nitrogens is 2. The third kappa shape index (κ3) is 3.68. The summed E-state index contributed by atoms with van der Waals surface area (Å²) in [5, 5.41) is 8.58. The molecule has 0 saturated carbocycles. The fourth-order valence-corrected chi connectivity index (χ4v) is 2.52. The maximum absolute atomic E-state index is 13.5. The standard InChI is InChI=1S/C17H15ClFN3O/c18-14-6-5-13-11-21-22(16(13)9-14)8-7-17(23)20-10-12-3-1-2-4-15(12)19/h1-6,9,11H,7-8,10H2,(H,20,23). The molecule has 0 unspecified atom stereocenters. The first kappa shape index (κ1) is 15.5. The zero-order valence-electron chi connectivity index (χ0n) is 12.3. The largest absolute Gasteiger partial charge is 0.352 e. The molecule has 0 spiro atoms. The summed E-state index contributed by atoms with van der Waals surface area (Å²) in [5.41, 5.74) is 1.36. The van der Waals surface area contributed by atoms with Crippen molar-refractivity contribution in [2.24, 2.45) is 0 Å². The number of nitrogens with zero attached hydrogens (tertiary/aromatic N) is 2. The fourth-order valence-electron chi connectivity index (χ4n) is 2.35. The molecule has 0 aliphatic rings. The Labute approximate surface area is 137 Å². The second-order valence-electron chi connectivity index (χ2n) is 5.19. The number of carbonyl (C=O) groups is 1. The predicted molar refractivity (Wildman–Crippen MR) is 87.6 cm³/mol. The fraction of sp³-hybridized carbons (Fsp3) is 0.176. The molecule has 0 saturated heterocycles. The first-order chi connectivity index (χ1) is 11.1. The molecule has 0 fully saturated rings. The van der Waals surface area contributed by atoms with Crippen LogP contribution in [-0.2, 0) is 17.9 Å². The Morgan fingerprint density at radius 1 is 1.26 bits per heavy atom. The molecule has 1 N–H and O–H groups in total. The normalized spacial score (nSPS) is 10.9. The predicted octanol–water partition coefficient (Wildman–Crippen LogP) is 3.54. The summed E-state index contributed by atoms with van der Waals surface area (Å²) in [4.78, 5) is 11.9. The lowest BCUT2D eigenvalue weighted by Gasteiger charge is -2.07. The molecule has 1 aromatic heterocycles. The molecule has 0 aliphatic heterocycles. The molecule has 3 aromatic rings. The Bertz CT molecular complexity index is 847. The number of amides is 1. The third-order valence-corrected chi connectivity index (χ3v) is 3.83. The van der Waals surface area contributed by atoms with Crippen LogP contribution in [0.4, 0.5) is 4.39 Å². The molecule has 0 aliphatic carbocycles. The minimum Gasteiger partial charge on any atom is -0.352 e. The van der Waals surface area contributed by atoms with Crippen LogP contribution < -0.4 is 5.32 Å². The summed E-state index contributed by atoms with van der Waals surface area (Å²) in [6, 6.07) is 11.9. The Balaban J connectivity index is 1.58. The Morgan fingerprint density at radius 3 is 2.91 bits per heavy atom. The van der Waals surface area contributed by atoms with E-state index >= 15 is 0 Å². The molecule has 0 atom stereocenters. The number of nitrogens with one attached hydrogen (secondary N) is 1. The second-order valence-corrected chi connectivity index (χ2v) is 5.63. The van der Waals surface area contributed by atoms with Gasteiger partial charge in [0.05, 0.1) is 18.3 Å². The monoisotopic (exact) mass is 331 g/mol. The van der Waals surface area contributed by atoms with Gasteiger partial charge in [-0.25, -0.2) is 4.39 Å². The summed E-state index contributed by atoms with van der Waals surface area (Å²) in [6.07, 6.45) is 2.00. The van der Waals surface area contributed by atoms with Crippen LogP contribution in [0.5, 0.6) is 0 Å². The van der Waals surface area contributed by atoms with Crippen molar-refractivity contribution in [3.8, 4) is 0 Å². The van der Waals surface area contributed by atoms with Gasteiger partial charge in [0.2, 0.25) is 5.91 Å². The van der Waals surface area contributed by atoms with Crippen molar-refractivity contribution in [3.05, 3.63) is 65.1 Å².